The number of hydrogen-bond acceptors (Lipinski definition) is 6. The number of benzene rings is 1. The lowest BCUT2D eigenvalue weighted by Gasteiger charge is -2.28. The molecule has 35 heavy (non-hydrogen) atoms. The molecule has 0 unspecified atom stereocenters. The van der Waals surface area contributed by atoms with Gasteiger partial charge in [-0.25, -0.2) is 13.2 Å². The van der Waals surface area contributed by atoms with Gasteiger partial charge in [0.1, 0.15) is 11.5 Å². The Morgan fingerprint density at radius 1 is 1.06 bits per heavy atom. The van der Waals surface area contributed by atoms with Crippen LogP contribution in [0.4, 0.5) is 26.3 Å². The Balaban J connectivity index is 1.72. The summed E-state index contributed by atoms with van der Waals surface area (Å²) < 4.78 is 108. The van der Waals surface area contributed by atoms with Crippen molar-refractivity contribution in [3.8, 4) is 5.69 Å². The highest BCUT2D eigenvalue weighted by Gasteiger charge is 2.70. The summed E-state index contributed by atoms with van der Waals surface area (Å²) in [4.78, 5) is 24.2. The van der Waals surface area contributed by atoms with E-state index >= 15 is 0 Å². The Hall–Kier alpha value is -3.17. The van der Waals surface area contributed by atoms with Crippen molar-refractivity contribution in [1.82, 2.24) is 19.9 Å². The molecule has 1 aromatic heterocycles. The van der Waals surface area contributed by atoms with Gasteiger partial charge in [0.25, 0.3) is 0 Å². The Morgan fingerprint density at radius 3 is 2.14 bits per heavy atom. The maximum Gasteiger partial charge on any atom is 0.417 e. The SMILES string of the molecule is O=C(O)[C@@H]1C[C@@H](S(=O)(=O)c2ccc(-n3nccn3)cc2C(F)(F)F)CN1C(=O)C1(C(F)(F)F)CC1. The van der Waals surface area contributed by atoms with Crippen LogP contribution in [0.3, 0.4) is 0 Å². The molecule has 0 radical (unpaired) electrons. The summed E-state index contributed by atoms with van der Waals surface area (Å²) in [5.41, 5.74) is -4.61. The first-order valence-electron chi connectivity index (χ1n) is 10.0. The van der Waals surface area contributed by atoms with Crippen molar-refractivity contribution < 1.29 is 49.5 Å². The minimum absolute atomic E-state index is 0.214. The average molecular weight is 526 g/mol. The van der Waals surface area contributed by atoms with Gasteiger partial charge in [-0.1, -0.05) is 0 Å². The van der Waals surface area contributed by atoms with Gasteiger partial charge in [0, 0.05) is 6.54 Å². The van der Waals surface area contributed by atoms with Crippen LogP contribution in [0.15, 0.2) is 35.5 Å². The Labute approximate surface area is 193 Å². The third kappa shape index (κ3) is 4.12. The first kappa shape index (κ1) is 24.9. The summed E-state index contributed by atoms with van der Waals surface area (Å²) >= 11 is 0. The molecule has 0 spiro atoms. The topological polar surface area (TPSA) is 122 Å². The lowest BCUT2D eigenvalue weighted by molar-refractivity contribution is -0.199. The third-order valence-corrected chi connectivity index (χ3v) is 8.36. The molecule has 1 saturated carbocycles. The number of amides is 1. The first-order chi connectivity index (χ1) is 16.1. The number of alkyl halides is 6. The normalized spacial score (nSPS) is 22.3. The number of aliphatic carboxylic acids is 1. The number of likely N-dealkylation sites (tertiary alicyclic amines) is 1. The molecule has 1 saturated heterocycles. The van der Waals surface area contributed by atoms with E-state index in [-0.39, 0.29) is 5.69 Å². The van der Waals surface area contributed by atoms with Crippen molar-refractivity contribution >= 4 is 21.7 Å². The van der Waals surface area contributed by atoms with E-state index < -0.39 is 87.0 Å². The van der Waals surface area contributed by atoms with Crippen LogP contribution in [0.1, 0.15) is 24.8 Å². The van der Waals surface area contributed by atoms with E-state index in [2.05, 4.69) is 10.2 Å². The molecule has 1 aromatic carbocycles. The molecule has 16 heteroatoms. The van der Waals surface area contributed by atoms with E-state index in [1.807, 2.05) is 0 Å². The fourth-order valence-electron chi connectivity index (χ4n) is 4.14. The summed E-state index contributed by atoms with van der Waals surface area (Å²) in [5.74, 6) is -3.35. The summed E-state index contributed by atoms with van der Waals surface area (Å²) in [5, 5.41) is 14.9. The van der Waals surface area contributed by atoms with Gasteiger partial charge in [0.2, 0.25) is 5.91 Å². The molecule has 2 fully saturated rings. The molecular weight excluding hydrogens is 510 g/mol. The second kappa shape index (κ2) is 7.93. The zero-order valence-electron chi connectivity index (χ0n) is 17.4. The van der Waals surface area contributed by atoms with Gasteiger partial charge in [-0.15, -0.1) is 0 Å². The number of aromatic nitrogens is 3. The molecule has 4 rings (SSSR count). The molecule has 190 valence electrons. The summed E-state index contributed by atoms with van der Waals surface area (Å²) in [6.07, 6.45) is -9.82. The van der Waals surface area contributed by atoms with Crippen molar-refractivity contribution in [1.29, 1.82) is 0 Å². The van der Waals surface area contributed by atoms with Crippen molar-refractivity contribution in [2.75, 3.05) is 6.54 Å². The number of halogens is 6. The lowest BCUT2D eigenvalue weighted by atomic mass is 10.0. The minimum Gasteiger partial charge on any atom is -0.480 e. The zero-order chi connectivity index (χ0) is 26.0. The predicted octanol–water partition coefficient (Wildman–Crippen LogP) is 2.46. The number of sulfone groups is 1. The maximum atomic E-state index is 13.8. The van der Waals surface area contributed by atoms with Gasteiger partial charge in [-0.2, -0.15) is 41.3 Å². The molecule has 1 aliphatic heterocycles. The highest BCUT2D eigenvalue weighted by Crippen LogP contribution is 2.59. The summed E-state index contributed by atoms with van der Waals surface area (Å²) in [7, 11) is -4.94. The van der Waals surface area contributed by atoms with Gasteiger partial charge in [-0.05, 0) is 37.5 Å². The van der Waals surface area contributed by atoms with E-state index in [4.69, 9.17) is 0 Å². The van der Waals surface area contributed by atoms with Crippen LogP contribution in [0.5, 0.6) is 0 Å². The van der Waals surface area contributed by atoms with E-state index in [1.54, 1.807) is 0 Å². The van der Waals surface area contributed by atoms with Crippen molar-refractivity contribution in [3.05, 3.63) is 36.2 Å². The van der Waals surface area contributed by atoms with Crippen molar-refractivity contribution in [2.24, 2.45) is 5.41 Å². The molecule has 1 N–H and O–H groups in total. The number of carboxylic acid groups (broad SMARTS) is 1. The van der Waals surface area contributed by atoms with Crippen molar-refractivity contribution in [3.63, 3.8) is 0 Å². The zero-order valence-corrected chi connectivity index (χ0v) is 18.2. The fourth-order valence-corrected chi connectivity index (χ4v) is 6.03. The number of carbonyl (C=O) groups excluding carboxylic acids is 1. The number of nitrogens with zero attached hydrogens (tertiary/aromatic N) is 4. The van der Waals surface area contributed by atoms with Crippen molar-refractivity contribution in [2.45, 2.75) is 47.8 Å². The molecule has 2 aliphatic rings. The Bertz CT molecular complexity index is 1270. The largest absolute Gasteiger partial charge is 0.480 e. The molecule has 9 nitrogen and oxygen atoms in total. The highest BCUT2D eigenvalue weighted by atomic mass is 32.2. The molecule has 1 aliphatic carbocycles. The molecule has 2 aromatic rings. The van der Waals surface area contributed by atoms with Crippen LogP contribution in [-0.4, -0.2) is 69.3 Å². The summed E-state index contributed by atoms with van der Waals surface area (Å²) in [6, 6.07) is 0.193. The molecule has 2 heterocycles. The smallest absolute Gasteiger partial charge is 0.417 e. The molecular formula is C19H16F6N4O5S. The number of rotatable bonds is 5. The highest BCUT2D eigenvalue weighted by molar-refractivity contribution is 7.92. The van der Waals surface area contributed by atoms with Gasteiger partial charge in [0.05, 0.1) is 33.8 Å². The third-order valence-electron chi connectivity index (χ3n) is 6.17. The first-order valence-corrected chi connectivity index (χ1v) is 11.6. The van der Waals surface area contributed by atoms with Gasteiger partial charge >= 0.3 is 18.3 Å². The lowest BCUT2D eigenvalue weighted by Crippen LogP contribution is -2.48. The second-order valence-corrected chi connectivity index (χ2v) is 10.5. The molecule has 0 bridgehead atoms. The molecule has 2 atom stereocenters. The number of carboxylic acids is 1. The fraction of sp³-hybridized carbons (Fsp3) is 0.474. The second-order valence-electron chi connectivity index (χ2n) is 8.29. The van der Waals surface area contributed by atoms with Gasteiger partial charge in [-0.3, -0.25) is 4.79 Å². The number of hydrogen-bond donors (Lipinski definition) is 1. The summed E-state index contributed by atoms with van der Waals surface area (Å²) in [6.45, 7) is -0.990. The number of carbonyl (C=O) groups is 2. The average Bonchev–Trinajstić information content (AvgIpc) is 3.20. The van der Waals surface area contributed by atoms with E-state index in [0.717, 1.165) is 10.9 Å². The standard InChI is InChI=1S/C19H16F6N4O5S/c20-18(21,22)12-7-10(29-26-5-6-27-29)1-2-14(12)35(33,34)11-8-13(15(30)31)28(9-11)16(32)17(3-4-17)19(23,24)25/h1-2,5-7,11,13H,3-4,8-9H2,(H,30,31)/t11-,13+/m1/s1. The van der Waals surface area contributed by atoms with E-state index in [0.29, 0.717) is 17.0 Å². The molecule has 1 amide bonds. The van der Waals surface area contributed by atoms with Crippen LogP contribution >= 0.6 is 0 Å². The van der Waals surface area contributed by atoms with Crippen LogP contribution in [0, 0.1) is 5.41 Å². The minimum atomic E-state index is -5.17. The van der Waals surface area contributed by atoms with Gasteiger partial charge in [0.15, 0.2) is 9.84 Å². The van der Waals surface area contributed by atoms with Crippen LogP contribution in [0.25, 0.3) is 5.69 Å². The Kier molecular flexibility index (Phi) is 5.65. The van der Waals surface area contributed by atoms with Gasteiger partial charge < -0.3 is 10.0 Å². The predicted molar refractivity (Wildman–Crippen MR) is 103 cm³/mol. The van der Waals surface area contributed by atoms with E-state index in [9.17, 15) is 49.5 Å². The monoisotopic (exact) mass is 526 g/mol. The van der Waals surface area contributed by atoms with E-state index in [1.165, 1.54) is 12.4 Å². The van der Waals surface area contributed by atoms with Crippen LogP contribution in [0.2, 0.25) is 0 Å². The van der Waals surface area contributed by atoms with Crippen LogP contribution in [-0.2, 0) is 25.6 Å². The quantitative estimate of drug-likeness (QED) is 0.594. The Morgan fingerprint density at radius 2 is 1.66 bits per heavy atom. The maximum absolute atomic E-state index is 13.8. The van der Waals surface area contributed by atoms with Crippen LogP contribution < -0.4 is 0 Å².